The van der Waals surface area contributed by atoms with Crippen LogP contribution in [0, 0.1) is 5.92 Å². The van der Waals surface area contributed by atoms with E-state index in [1.54, 1.807) is 0 Å². The van der Waals surface area contributed by atoms with E-state index >= 15 is 0 Å². The molecule has 0 aliphatic carbocycles. The smallest absolute Gasteiger partial charge is 0.238 e. The van der Waals surface area contributed by atoms with Gasteiger partial charge >= 0.3 is 0 Å². The number of amides is 1. The summed E-state index contributed by atoms with van der Waals surface area (Å²) in [5, 5.41) is 0. The van der Waals surface area contributed by atoms with E-state index in [0.717, 1.165) is 12.1 Å². The van der Waals surface area contributed by atoms with Gasteiger partial charge in [-0.15, -0.1) is 0 Å². The Morgan fingerprint density at radius 1 is 1.35 bits per heavy atom. The predicted molar refractivity (Wildman–Crippen MR) is 80.7 cm³/mol. The van der Waals surface area contributed by atoms with Crippen LogP contribution in [-0.2, 0) is 17.8 Å². The van der Waals surface area contributed by atoms with Crippen molar-refractivity contribution in [3.8, 4) is 0 Å². The molecule has 1 aromatic rings. The predicted octanol–water partition coefficient (Wildman–Crippen LogP) is 1.84. The lowest BCUT2D eigenvalue weighted by molar-refractivity contribution is -0.120. The lowest BCUT2D eigenvalue weighted by atomic mass is 10.0. The first-order valence-electron chi connectivity index (χ1n) is 7.41. The maximum absolute atomic E-state index is 11.2. The van der Waals surface area contributed by atoms with Crippen molar-refractivity contribution in [2.75, 3.05) is 6.54 Å². The minimum absolute atomic E-state index is 0.155. The Labute approximate surface area is 121 Å². The highest BCUT2D eigenvalue weighted by Crippen LogP contribution is 2.25. The lowest BCUT2D eigenvalue weighted by Gasteiger charge is -2.27. The second-order valence-corrected chi connectivity index (χ2v) is 5.98. The van der Waals surface area contributed by atoms with Crippen LogP contribution in [0.2, 0.25) is 0 Å². The van der Waals surface area contributed by atoms with E-state index < -0.39 is 0 Å². The Hall–Kier alpha value is -1.39. The summed E-state index contributed by atoms with van der Waals surface area (Å²) in [6.45, 7) is 6.81. The maximum Gasteiger partial charge on any atom is 0.238 e. The molecule has 1 aliphatic heterocycles. The Morgan fingerprint density at radius 3 is 2.60 bits per heavy atom. The summed E-state index contributed by atoms with van der Waals surface area (Å²) in [6, 6.07) is 8.98. The normalized spacial score (nSPS) is 19.5. The van der Waals surface area contributed by atoms with Crippen LogP contribution in [0.25, 0.3) is 0 Å². The first kappa shape index (κ1) is 15.0. The molecule has 110 valence electrons. The fourth-order valence-electron chi connectivity index (χ4n) is 3.04. The van der Waals surface area contributed by atoms with Gasteiger partial charge in [-0.3, -0.25) is 15.1 Å². The summed E-state index contributed by atoms with van der Waals surface area (Å²) >= 11 is 0. The number of hydrazine groups is 1. The Kier molecular flexibility index (Phi) is 5.15. The van der Waals surface area contributed by atoms with Gasteiger partial charge in [0.2, 0.25) is 5.91 Å². The largest absolute Gasteiger partial charge is 0.296 e. The number of hydrogen-bond acceptors (Lipinski definition) is 3. The molecular formula is C16H25N3O. The summed E-state index contributed by atoms with van der Waals surface area (Å²) in [5.74, 6) is 5.65. The Morgan fingerprint density at radius 2 is 2.00 bits per heavy atom. The SMILES string of the molecule is CC(C)C1CCCN1Cc1ccc(CC(=O)NN)cc1. The molecule has 20 heavy (non-hydrogen) atoms. The van der Waals surface area contributed by atoms with Crippen molar-refractivity contribution in [1.82, 2.24) is 10.3 Å². The first-order chi connectivity index (χ1) is 9.60. The van der Waals surface area contributed by atoms with Crippen molar-refractivity contribution in [3.63, 3.8) is 0 Å². The van der Waals surface area contributed by atoms with Gasteiger partial charge in [-0.05, 0) is 36.4 Å². The minimum atomic E-state index is -0.155. The standard InChI is InChI=1S/C16H25N3O/c1-12(2)15-4-3-9-19(15)11-14-7-5-13(6-8-14)10-16(20)18-17/h5-8,12,15H,3-4,9-11,17H2,1-2H3,(H,18,20). The maximum atomic E-state index is 11.2. The highest BCUT2D eigenvalue weighted by Gasteiger charge is 2.26. The van der Waals surface area contributed by atoms with E-state index in [1.165, 1.54) is 24.9 Å². The van der Waals surface area contributed by atoms with Gasteiger partial charge in [-0.2, -0.15) is 0 Å². The third-order valence-corrected chi connectivity index (χ3v) is 4.12. The fourth-order valence-corrected chi connectivity index (χ4v) is 3.04. The number of nitrogens with zero attached hydrogens (tertiary/aromatic N) is 1. The van der Waals surface area contributed by atoms with Crippen molar-refractivity contribution >= 4 is 5.91 Å². The van der Waals surface area contributed by atoms with Crippen LogP contribution < -0.4 is 11.3 Å². The van der Waals surface area contributed by atoms with E-state index in [4.69, 9.17) is 5.84 Å². The number of nitrogens with one attached hydrogen (secondary N) is 1. The van der Waals surface area contributed by atoms with Crippen LogP contribution in [-0.4, -0.2) is 23.4 Å². The van der Waals surface area contributed by atoms with Crippen LogP contribution in [0.15, 0.2) is 24.3 Å². The zero-order chi connectivity index (χ0) is 14.5. The van der Waals surface area contributed by atoms with E-state index in [2.05, 4.69) is 36.3 Å². The fraction of sp³-hybridized carbons (Fsp3) is 0.562. The molecule has 1 fully saturated rings. The summed E-state index contributed by atoms with van der Waals surface area (Å²) in [7, 11) is 0. The van der Waals surface area contributed by atoms with Gasteiger partial charge in [0.1, 0.15) is 0 Å². The monoisotopic (exact) mass is 275 g/mol. The van der Waals surface area contributed by atoms with Crippen LogP contribution in [0.4, 0.5) is 0 Å². The van der Waals surface area contributed by atoms with Gasteiger partial charge in [0, 0.05) is 12.6 Å². The van der Waals surface area contributed by atoms with Crippen LogP contribution in [0.5, 0.6) is 0 Å². The van der Waals surface area contributed by atoms with Gasteiger partial charge < -0.3 is 0 Å². The van der Waals surface area contributed by atoms with Gasteiger partial charge in [0.25, 0.3) is 0 Å². The molecule has 1 unspecified atom stereocenters. The number of rotatable bonds is 5. The molecule has 3 N–H and O–H groups in total. The molecule has 1 aromatic carbocycles. The number of carbonyl (C=O) groups excluding carboxylic acids is 1. The van der Waals surface area contributed by atoms with E-state index in [9.17, 15) is 4.79 Å². The molecule has 4 nitrogen and oxygen atoms in total. The minimum Gasteiger partial charge on any atom is -0.296 e. The first-order valence-corrected chi connectivity index (χ1v) is 7.41. The molecule has 1 heterocycles. The van der Waals surface area contributed by atoms with Gasteiger partial charge in [0.15, 0.2) is 0 Å². The topological polar surface area (TPSA) is 58.4 Å². The van der Waals surface area contributed by atoms with Crippen molar-refractivity contribution in [1.29, 1.82) is 0 Å². The Balaban J connectivity index is 1.95. The molecule has 0 aromatic heterocycles. The average molecular weight is 275 g/mol. The summed E-state index contributed by atoms with van der Waals surface area (Å²) in [6.07, 6.45) is 2.96. The average Bonchev–Trinajstić information content (AvgIpc) is 2.89. The number of likely N-dealkylation sites (tertiary alicyclic amines) is 1. The molecule has 1 amide bonds. The highest BCUT2D eigenvalue weighted by atomic mass is 16.2. The number of nitrogens with two attached hydrogens (primary N) is 1. The van der Waals surface area contributed by atoms with E-state index in [0.29, 0.717) is 18.4 Å². The molecule has 2 rings (SSSR count). The lowest BCUT2D eigenvalue weighted by Crippen LogP contribution is -2.32. The quantitative estimate of drug-likeness (QED) is 0.490. The summed E-state index contributed by atoms with van der Waals surface area (Å²) in [5.41, 5.74) is 4.47. The molecule has 0 bridgehead atoms. The van der Waals surface area contributed by atoms with Crippen molar-refractivity contribution in [3.05, 3.63) is 35.4 Å². The molecule has 0 spiro atoms. The molecule has 1 saturated heterocycles. The molecular weight excluding hydrogens is 250 g/mol. The third kappa shape index (κ3) is 3.81. The molecule has 1 atom stereocenters. The second-order valence-electron chi connectivity index (χ2n) is 5.98. The number of carbonyl (C=O) groups is 1. The molecule has 0 radical (unpaired) electrons. The van der Waals surface area contributed by atoms with Crippen molar-refractivity contribution in [2.45, 2.75) is 45.7 Å². The van der Waals surface area contributed by atoms with E-state index in [1.807, 2.05) is 12.1 Å². The molecule has 0 saturated carbocycles. The van der Waals surface area contributed by atoms with Crippen LogP contribution in [0.1, 0.15) is 37.8 Å². The summed E-state index contributed by atoms with van der Waals surface area (Å²) < 4.78 is 0. The third-order valence-electron chi connectivity index (χ3n) is 4.12. The van der Waals surface area contributed by atoms with E-state index in [-0.39, 0.29) is 5.91 Å². The zero-order valence-electron chi connectivity index (χ0n) is 12.4. The van der Waals surface area contributed by atoms with Crippen LogP contribution >= 0.6 is 0 Å². The van der Waals surface area contributed by atoms with Gasteiger partial charge in [0.05, 0.1) is 6.42 Å². The van der Waals surface area contributed by atoms with Gasteiger partial charge in [-0.1, -0.05) is 38.1 Å². The molecule has 1 aliphatic rings. The van der Waals surface area contributed by atoms with Gasteiger partial charge in [-0.25, -0.2) is 5.84 Å². The van der Waals surface area contributed by atoms with Crippen molar-refractivity contribution in [2.24, 2.45) is 11.8 Å². The zero-order valence-corrected chi connectivity index (χ0v) is 12.4. The number of benzene rings is 1. The van der Waals surface area contributed by atoms with Crippen LogP contribution in [0.3, 0.4) is 0 Å². The highest BCUT2D eigenvalue weighted by molar-refractivity contribution is 5.77. The number of hydrogen-bond donors (Lipinski definition) is 2. The van der Waals surface area contributed by atoms with Crippen molar-refractivity contribution < 1.29 is 4.79 Å². The summed E-state index contributed by atoms with van der Waals surface area (Å²) in [4.78, 5) is 13.8. The second kappa shape index (κ2) is 6.86. The molecule has 4 heteroatoms. The Bertz CT molecular complexity index is 442.